The highest BCUT2D eigenvalue weighted by Gasteiger charge is 2.27. The van der Waals surface area contributed by atoms with Crippen LogP contribution in [0.5, 0.6) is 0 Å². The first kappa shape index (κ1) is 28.2. The summed E-state index contributed by atoms with van der Waals surface area (Å²) in [5.74, 6) is 0.329. The van der Waals surface area contributed by atoms with E-state index >= 15 is 0 Å². The summed E-state index contributed by atoms with van der Waals surface area (Å²) in [6.45, 7) is 9.21. The fraction of sp³-hybridized carbons (Fsp3) is 0.0952. The van der Waals surface area contributed by atoms with E-state index < -0.39 is 0 Å². The number of rotatable bonds is 4. The molecule has 0 aliphatic heterocycles. The predicted octanol–water partition coefficient (Wildman–Crippen LogP) is 10.6. The van der Waals surface area contributed by atoms with Crippen LogP contribution in [0, 0.1) is 5.41 Å². The Bertz CT molecular complexity index is 2260. The lowest BCUT2D eigenvalue weighted by Gasteiger charge is -2.29. The minimum Gasteiger partial charge on any atom is -0.383 e. The molecule has 0 spiro atoms. The summed E-state index contributed by atoms with van der Waals surface area (Å²) in [6.07, 6.45) is 10.5. The van der Waals surface area contributed by atoms with E-state index in [0.717, 1.165) is 67.7 Å². The molecule has 0 aromatic heterocycles. The molecule has 0 fully saturated rings. The standard InChI is InChI=1S/C42H35N3/c1-27-12-5-4-10-23-42(2,3)37-18-11-17-35(38(27)37)39-32-15-8-9-16-33(32)40(41(44)45-26-43)34-22-21-31(25-36(34)39)30-20-19-28-13-6-7-14-29(28)24-30/h4-22,24-26H,1,23H2,2-3H3,(H3,43,44,45)/b10-4-,12-5-. The Labute approximate surface area is 264 Å². The number of aliphatic imine (C=N–C) groups is 1. The Morgan fingerprint density at radius 2 is 1.47 bits per heavy atom. The molecule has 3 heteroatoms. The van der Waals surface area contributed by atoms with Crippen molar-refractivity contribution in [3.8, 4) is 22.3 Å². The van der Waals surface area contributed by atoms with Gasteiger partial charge in [0.2, 0.25) is 0 Å². The highest BCUT2D eigenvalue weighted by molar-refractivity contribution is 6.26. The highest BCUT2D eigenvalue weighted by Crippen LogP contribution is 2.46. The zero-order valence-corrected chi connectivity index (χ0v) is 25.6. The molecular formula is C42H35N3. The normalized spacial score (nSPS) is 16.1. The molecular weight excluding hydrogens is 546 g/mol. The van der Waals surface area contributed by atoms with Gasteiger partial charge in [0.05, 0.1) is 0 Å². The van der Waals surface area contributed by atoms with Crippen molar-refractivity contribution < 1.29 is 0 Å². The van der Waals surface area contributed by atoms with Gasteiger partial charge < -0.3 is 5.73 Å². The predicted molar refractivity (Wildman–Crippen MR) is 194 cm³/mol. The van der Waals surface area contributed by atoms with Crippen LogP contribution >= 0.6 is 0 Å². The first-order chi connectivity index (χ1) is 21.9. The van der Waals surface area contributed by atoms with E-state index in [0.29, 0.717) is 5.84 Å². The number of nitrogens with two attached hydrogens (primary N) is 1. The molecule has 3 nitrogen and oxygen atoms in total. The van der Waals surface area contributed by atoms with Crippen LogP contribution in [0.4, 0.5) is 0 Å². The smallest absolute Gasteiger partial charge is 0.133 e. The van der Waals surface area contributed by atoms with Gasteiger partial charge in [-0.3, -0.25) is 5.41 Å². The molecule has 1 aliphatic carbocycles. The van der Waals surface area contributed by atoms with Crippen LogP contribution in [0.3, 0.4) is 0 Å². The van der Waals surface area contributed by atoms with Crippen molar-refractivity contribution in [3.05, 3.63) is 151 Å². The molecule has 45 heavy (non-hydrogen) atoms. The lowest BCUT2D eigenvalue weighted by molar-refractivity contribution is 0.533. The minimum atomic E-state index is -0.0976. The number of hydrogen-bond acceptors (Lipinski definition) is 1. The van der Waals surface area contributed by atoms with Crippen LogP contribution in [0.2, 0.25) is 0 Å². The van der Waals surface area contributed by atoms with Gasteiger partial charge in [0, 0.05) is 5.56 Å². The van der Waals surface area contributed by atoms with E-state index in [-0.39, 0.29) is 5.41 Å². The van der Waals surface area contributed by atoms with Gasteiger partial charge in [-0.15, -0.1) is 0 Å². The maximum Gasteiger partial charge on any atom is 0.133 e. The highest BCUT2D eigenvalue weighted by atomic mass is 14.9. The number of hydrogen-bond donors (Lipinski definition) is 2. The van der Waals surface area contributed by atoms with Crippen LogP contribution in [-0.2, 0) is 5.41 Å². The second kappa shape index (κ2) is 11.2. The van der Waals surface area contributed by atoms with Crippen molar-refractivity contribution in [2.24, 2.45) is 10.7 Å². The van der Waals surface area contributed by atoms with Crippen molar-refractivity contribution in [2.75, 3.05) is 0 Å². The molecule has 0 saturated carbocycles. The molecule has 6 aromatic rings. The van der Waals surface area contributed by atoms with E-state index in [1.54, 1.807) is 0 Å². The number of fused-ring (bicyclic) bond motifs is 4. The monoisotopic (exact) mass is 581 g/mol. The van der Waals surface area contributed by atoms with Gasteiger partial charge in [-0.25, -0.2) is 4.99 Å². The average molecular weight is 582 g/mol. The van der Waals surface area contributed by atoms with E-state index in [1.807, 2.05) is 6.07 Å². The minimum absolute atomic E-state index is 0.0976. The third-order valence-corrected chi connectivity index (χ3v) is 9.12. The molecule has 0 saturated heterocycles. The second-order valence-corrected chi connectivity index (χ2v) is 12.4. The molecule has 6 aromatic carbocycles. The number of benzene rings is 6. The Morgan fingerprint density at radius 1 is 0.756 bits per heavy atom. The molecule has 0 unspecified atom stereocenters. The van der Waals surface area contributed by atoms with Crippen LogP contribution < -0.4 is 5.73 Å². The number of allylic oxidation sites excluding steroid dienone is 5. The molecule has 0 radical (unpaired) electrons. The lowest BCUT2D eigenvalue weighted by atomic mass is 9.75. The molecule has 7 rings (SSSR count). The van der Waals surface area contributed by atoms with Gasteiger partial charge in [0.1, 0.15) is 12.2 Å². The van der Waals surface area contributed by atoms with Gasteiger partial charge in [0.25, 0.3) is 0 Å². The van der Waals surface area contributed by atoms with Crippen LogP contribution in [-0.4, -0.2) is 12.2 Å². The molecule has 0 atom stereocenters. The topological polar surface area (TPSA) is 62.2 Å². The van der Waals surface area contributed by atoms with Crippen molar-refractivity contribution in [3.63, 3.8) is 0 Å². The van der Waals surface area contributed by atoms with Gasteiger partial charge in [0.15, 0.2) is 0 Å². The van der Waals surface area contributed by atoms with Crippen molar-refractivity contribution in [1.29, 1.82) is 5.41 Å². The SMILES string of the molecule is C=C1/C=C\C=C/CC(C)(C)c2cccc(-c3c4ccccc4c(/C(N)=N/C=N)c4ccc(-c5ccc6ccccc6c5)cc34)c21. The Hall–Kier alpha value is -5.54. The van der Waals surface area contributed by atoms with Crippen LogP contribution in [0.1, 0.15) is 37.0 Å². The number of amidine groups is 1. The summed E-state index contributed by atoms with van der Waals surface area (Å²) in [5.41, 5.74) is 15.4. The van der Waals surface area contributed by atoms with Crippen LogP contribution in [0.25, 0.3) is 60.1 Å². The zero-order valence-electron chi connectivity index (χ0n) is 25.6. The summed E-state index contributed by atoms with van der Waals surface area (Å²) in [5, 5.41) is 14.3. The zero-order chi connectivity index (χ0) is 31.1. The fourth-order valence-corrected chi connectivity index (χ4v) is 6.90. The summed E-state index contributed by atoms with van der Waals surface area (Å²) >= 11 is 0. The Balaban J connectivity index is 1.63. The molecule has 3 N–H and O–H groups in total. The van der Waals surface area contributed by atoms with Crippen LogP contribution in [0.15, 0.2) is 139 Å². The summed E-state index contributed by atoms with van der Waals surface area (Å²) in [4.78, 5) is 4.25. The third-order valence-electron chi connectivity index (χ3n) is 9.12. The second-order valence-electron chi connectivity index (χ2n) is 12.4. The molecule has 218 valence electrons. The van der Waals surface area contributed by atoms with E-state index in [1.165, 1.54) is 21.9 Å². The molecule has 0 heterocycles. The van der Waals surface area contributed by atoms with Gasteiger partial charge in [-0.2, -0.15) is 0 Å². The van der Waals surface area contributed by atoms with Gasteiger partial charge in [-0.05, 0) is 95.2 Å². The average Bonchev–Trinajstić information content (AvgIpc) is 3.11. The van der Waals surface area contributed by atoms with Crippen molar-refractivity contribution in [2.45, 2.75) is 25.7 Å². The fourth-order valence-electron chi connectivity index (χ4n) is 6.90. The Kier molecular flexibility index (Phi) is 7.02. The molecule has 0 bridgehead atoms. The van der Waals surface area contributed by atoms with E-state index in [9.17, 15) is 0 Å². The quantitative estimate of drug-likeness (QED) is 0.121. The first-order valence-corrected chi connectivity index (χ1v) is 15.3. The third kappa shape index (κ3) is 4.87. The first-order valence-electron chi connectivity index (χ1n) is 15.3. The van der Waals surface area contributed by atoms with Gasteiger partial charge >= 0.3 is 0 Å². The van der Waals surface area contributed by atoms with Gasteiger partial charge in [-0.1, -0.05) is 136 Å². The lowest BCUT2D eigenvalue weighted by Crippen LogP contribution is -2.18. The number of nitrogens with zero attached hydrogens (tertiary/aromatic N) is 1. The molecule has 1 aliphatic rings. The largest absolute Gasteiger partial charge is 0.383 e. The summed E-state index contributed by atoms with van der Waals surface area (Å²) in [6, 6.07) is 36.8. The number of nitrogens with one attached hydrogen (secondary N) is 1. The van der Waals surface area contributed by atoms with Crippen molar-refractivity contribution >= 4 is 50.1 Å². The molecule has 0 amide bonds. The summed E-state index contributed by atoms with van der Waals surface area (Å²) < 4.78 is 0. The maximum absolute atomic E-state index is 7.69. The maximum atomic E-state index is 7.69. The Morgan fingerprint density at radius 3 is 2.29 bits per heavy atom. The van der Waals surface area contributed by atoms with E-state index in [2.05, 4.69) is 147 Å². The van der Waals surface area contributed by atoms with E-state index in [4.69, 9.17) is 11.1 Å². The summed E-state index contributed by atoms with van der Waals surface area (Å²) in [7, 11) is 0. The van der Waals surface area contributed by atoms with Crippen molar-refractivity contribution in [1.82, 2.24) is 0 Å².